The van der Waals surface area contributed by atoms with Gasteiger partial charge in [-0.25, -0.2) is 0 Å². The van der Waals surface area contributed by atoms with Crippen LogP contribution in [0.15, 0.2) is 72.8 Å². The molecule has 3 rings (SSSR count). The third-order valence-electron chi connectivity index (χ3n) is 5.42. The zero-order valence-corrected chi connectivity index (χ0v) is 19.5. The van der Waals surface area contributed by atoms with Gasteiger partial charge in [0.05, 0.1) is 13.2 Å². The highest BCUT2D eigenvalue weighted by Gasteiger charge is 2.19. The third-order valence-corrected chi connectivity index (χ3v) is 5.67. The summed E-state index contributed by atoms with van der Waals surface area (Å²) in [5.74, 6) is 2.03. The molecule has 0 saturated carbocycles. The van der Waals surface area contributed by atoms with E-state index >= 15 is 0 Å². The fourth-order valence-corrected chi connectivity index (χ4v) is 3.95. The van der Waals surface area contributed by atoms with E-state index in [1.165, 1.54) is 16.7 Å². The van der Waals surface area contributed by atoms with Crippen molar-refractivity contribution in [3.8, 4) is 11.5 Å². The summed E-state index contributed by atoms with van der Waals surface area (Å²) in [5.41, 5.74) is 3.68. The first kappa shape index (κ1) is 23.2. The van der Waals surface area contributed by atoms with E-state index in [-0.39, 0.29) is 18.1 Å². The van der Waals surface area contributed by atoms with Crippen molar-refractivity contribution in [1.82, 2.24) is 5.32 Å². The number of nitrogens with one attached hydrogen (secondary N) is 1. The van der Waals surface area contributed by atoms with E-state index in [1.54, 1.807) is 7.11 Å². The topological polar surface area (TPSA) is 30.5 Å². The van der Waals surface area contributed by atoms with Crippen molar-refractivity contribution in [3.63, 3.8) is 0 Å². The number of para-hydroxylation sites is 1. The summed E-state index contributed by atoms with van der Waals surface area (Å²) in [4.78, 5) is 0. The van der Waals surface area contributed by atoms with Crippen LogP contribution in [0.2, 0.25) is 5.02 Å². The van der Waals surface area contributed by atoms with Crippen molar-refractivity contribution in [2.24, 2.45) is 0 Å². The molecular weight excluding hydrogens is 406 g/mol. The van der Waals surface area contributed by atoms with Gasteiger partial charge >= 0.3 is 0 Å². The largest absolute Gasteiger partial charge is 0.496 e. The molecule has 31 heavy (non-hydrogen) atoms. The fraction of sp³-hybridized carbons (Fsp3) is 0.333. The van der Waals surface area contributed by atoms with Gasteiger partial charge in [0.1, 0.15) is 11.5 Å². The minimum atomic E-state index is 0.161. The Labute approximate surface area is 191 Å². The molecule has 0 aliphatic rings. The summed E-state index contributed by atoms with van der Waals surface area (Å²) in [6.07, 6.45) is 1.11. The number of benzene rings is 3. The lowest BCUT2D eigenvalue weighted by atomic mass is 9.87. The average molecular weight is 438 g/mol. The molecule has 0 spiro atoms. The Morgan fingerprint density at radius 3 is 2.13 bits per heavy atom. The molecule has 0 bridgehead atoms. The van der Waals surface area contributed by atoms with Crippen LogP contribution in [0.25, 0.3) is 0 Å². The molecule has 0 radical (unpaired) electrons. The van der Waals surface area contributed by atoms with Gasteiger partial charge in [-0.15, -0.1) is 0 Å². The summed E-state index contributed by atoms with van der Waals surface area (Å²) in [7, 11) is 1.73. The predicted molar refractivity (Wildman–Crippen MR) is 130 cm³/mol. The summed E-state index contributed by atoms with van der Waals surface area (Å²) in [5, 5.41) is 4.42. The number of methoxy groups -OCH3 is 1. The van der Waals surface area contributed by atoms with Crippen molar-refractivity contribution < 1.29 is 9.47 Å². The smallest absolute Gasteiger partial charge is 0.122 e. The number of ether oxygens (including phenoxy) is 2. The fourth-order valence-electron chi connectivity index (χ4n) is 3.82. The van der Waals surface area contributed by atoms with E-state index < -0.39 is 0 Å². The minimum Gasteiger partial charge on any atom is -0.496 e. The first-order valence-electron chi connectivity index (χ1n) is 10.9. The van der Waals surface area contributed by atoms with E-state index in [9.17, 15) is 0 Å². The van der Waals surface area contributed by atoms with Crippen molar-refractivity contribution in [2.75, 3.05) is 13.7 Å². The van der Waals surface area contributed by atoms with Crippen LogP contribution in [0.5, 0.6) is 11.5 Å². The third kappa shape index (κ3) is 6.49. The first-order valence-corrected chi connectivity index (χ1v) is 11.2. The van der Waals surface area contributed by atoms with Crippen molar-refractivity contribution in [1.29, 1.82) is 0 Å². The molecule has 0 amide bonds. The van der Waals surface area contributed by atoms with E-state index in [2.05, 4.69) is 60.8 Å². The lowest BCUT2D eigenvalue weighted by Crippen LogP contribution is -2.22. The second-order valence-electron chi connectivity index (χ2n) is 8.05. The molecule has 1 N–H and O–H groups in total. The van der Waals surface area contributed by atoms with Crippen LogP contribution < -0.4 is 14.8 Å². The molecule has 2 atom stereocenters. The van der Waals surface area contributed by atoms with Gasteiger partial charge in [0.15, 0.2) is 0 Å². The Morgan fingerprint density at radius 1 is 0.839 bits per heavy atom. The molecule has 0 heterocycles. The number of halogens is 1. The van der Waals surface area contributed by atoms with Crippen LogP contribution in [0.4, 0.5) is 0 Å². The molecule has 164 valence electrons. The molecule has 0 aliphatic heterocycles. The van der Waals surface area contributed by atoms with E-state index in [1.807, 2.05) is 38.1 Å². The summed E-state index contributed by atoms with van der Waals surface area (Å²) >= 11 is 6.02. The van der Waals surface area contributed by atoms with Crippen molar-refractivity contribution in [3.05, 3.63) is 94.5 Å². The standard InChI is InChI=1S/C27H32ClNO2/c1-19(2)31-24-15-11-22(12-16-24)25(26-7-5-6-8-27(26)30-4)17-18-29-20(3)21-9-13-23(28)14-10-21/h5-16,19-20,25,29H,17-18H2,1-4H3/t20-,25+/m0/s1. The molecular formula is C27H32ClNO2. The Morgan fingerprint density at radius 2 is 1.48 bits per heavy atom. The maximum Gasteiger partial charge on any atom is 0.122 e. The van der Waals surface area contributed by atoms with Crippen LogP contribution in [0.3, 0.4) is 0 Å². The lowest BCUT2D eigenvalue weighted by Gasteiger charge is -2.23. The second-order valence-corrected chi connectivity index (χ2v) is 8.48. The van der Waals surface area contributed by atoms with Gasteiger partial charge in [0.2, 0.25) is 0 Å². The Kier molecular flexibility index (Phi) is 8.39. The molecule has 0 unspecified atom stereocenters. The molecule has 0 aliphatic carbocycles. The summed E-state index contributed by atoms with van der Waals surface area (Å²) in [6.45, 7) is 7.13. The maximum absolute atomic E-state index is 6.02. The predicted octanol–water partition coefficient (Wildman–Crippen LogP) is 7.01. The van der Waals surface area contributed by atoms with Crippen LogP contribution in [-0.4, -0.2) is 19.8 Å². The quantitative estimate of drug-likeness (QED) is 0.370. The van der Waals surface area contributed by atoms with Gasteiger partial charge in [0, 0.05) is 22.5 Å². The average Bonchev–Trinajstić information content (AvgIpc) is 2.77. The van der Waals surface area contributed by atoms with Crippen LogP contribution >= 0.6 is 11.6 Å². The van der Waals surface area contributed by atoms with Gasteiger partial charge in [-0.2, -0.15) is 0 Å². The van der Waals surface area contributed by atoms with Crippen molar-refractivity contribution >= 4 is 11.6 Å². The first-order chi connectivity index (χ1) is 15.0. The molecule has 3 nitrogen and oxygen atoms in total. The molecule has 3 aromatic carbocycles. The van der Waals surface area contributed by atoms with E-state index in [0.717, 1.165) is 29.5 Å². The van der Waals surface area contributed by atoms with Gasteiger partial charge in [-0.05, 0) is 75.2 Å². The SMILES string of the molecule is COc1ccccc1[C@H](CCN[C@@H](C)c1ccc(Cl)cc1)c1ccc(OC(C)C)cc1. The number of hydrogen-bond donors (Lipinski definition) is 1. The van der Waals surface area contributed by atoms with Crippen molar-refractivity contribution in [2.45, 2.75) is 45.3 Å². The zero-order valence-electron chi connectivity index (χ0n) is 18.8. The van der Waals surface area contributed by atoms with Crippen LogP contribution in [-0.2, 0) is 0 Å². The second kappa shape index (κ2) is 11.2. The highest BCUT2D eigenvalue weighted by atomic mass is 35.5. The highest BCUT2D eigenvalue weighted by Crippen LogP contribution is 2.35. The van der Waals surface area contributed by atoms with Gasteiger partial charge in [-0.1, -0.05) is 54.1 Å². The molecule has 3 aromatic rings. The molecule has 4 heteroatoms. The Balaban J connectivity index is 1.77. The van der Waals surface area contributed by atoms with E-state index in [4.69, 9.17) is 21.1 Å². The summed E-state index contributed by atoms with van der Waals surface area (Å²) < 4.78 is 11.5. The van der Waals surface area contributed by atoms with Crippen LogP contribution in [0, 0.1) is 0 Å². The number of hydrogen-bond acceptors (Lipinski definition) is 3. The van der Waals surface area contributed by atoms with Crippen LogP contribution in [0.1, 0.15) is 55.8 Å². The van der Waals surface area contributed by atoms with E-state index in [0.29, 0.717) is 0 Å². The molecule has 0 fully saturated rings. The zero-order chi connectivity index (χ0) is 22.2. The summed E-state index contributed by atoms with van der Waals surface area (Å²) in [6, 6.07) is 25.0. The normalized spacial score (nSPS) is 13.1. The highest BCUT2D eigenvalue weighted by molar-refractivity contribution is 6.30. The Hall–Kier alpha value is -2.49. The molecule has 0 saturated heterocycles. The van der Waals surface area contributed by atoms with Gasteiger partial charge < -0.3 is 14.8 Å². The van der Waals surface area contributed by atoms with Gasteiger partial charge in [0.25, 0.3) is 0 Å². The molecule has 0 aromatic heterocycles. The number of rotatable bonds is 10. The Bertz CT molecular complexity index is 938. The lowest BCUT2D eigenvalue weighted by molar-refractivity contribution is 0.242. The van der Waals surface area contributed by atoms with Gasteiger partial charge in [-0.3, -0.25) is 0 Å². The maximum atomic E-state index is 6.02. The monoisotopic (exact) mass is 437 g/mol. The minimum absolute atomic E-state index is 0.161.